The molecule has 2 nitrogen and oxygen atoms in total. The van der Waals surface area contributed by atoms with Crippen LogP contribution in [-0.4, -0.2) is 18.1 Å². The van der Waals surface area contributed by atoms with Crippen molar-refractivity contribution < 1.29 is 4.74 Å². The van der Waals surface area contributed by atoms with Crippen molar-refractivity contribution in [1.29, 1.82) is 0 Å². The molecule has 1 unspecified atom stereocenters. The van der Waals surface area contributed by atoms with Gasteiger partial charge < -0.3 is 4.74 Å². The number of rotatable bonds is 3. The lowest BCUT2D eigenvalue weighted by Crippen LogP contribution is -2.50. The Morgan fingerprint density at radius 3 is 1.55 bits per heavy atom. The van der Waals surface area contributed by atoms with Gasteiger partial charge in [0.2, 0.25) is 0 Å². The van der Waals surface area contributed by atoms with Crippen LogP contribution in [-0.2, 0) is 16.0 Å². The first-order valence-electron chi connectivity index (χ1n) is 11.8. The Hall–Kier alpha value is -3.20. The summed E-state index contributed by atoms with van der Waals surface area (Å²) in [4.78, 5) is 2.60. The second-order valence-corrected chi connectivity index (χ2v) is 9.50. The van der Waals surface area contributed by atoms with E-state index in [-0.39, 0.29) is 0 Å². The fourth-order valence-electron chi connectivity index (χ4n) is 5.94. The highest BCUT2D eigenvalue weighted by Crippen LogP contribution is 2.60. The third kappa shape index (κ3) is 2.75. The summed E-state index contributed by atoms with van der Waals surface area (Å²) in [6.07, 6.45) is 0. The Balaban J connectivity index is 1.72. The van der Waals surface area contributed by atoms with Gasteiger partial charge in [-0.2, -0.15) is 0 Å². The third-order valence-corrected chi connectivity index (χ3v) is 7.47. The summed E-state index contributed by atoms with van der Waals surface area (Å²) in [5.74, 6) is 0. The fraction of sp³-hybridized carbons (Fsp3) is 0.226. The van der Waals surface area contributed by atoms with Crippen LogP contribution in [0.1, 0.15) is 44.5 Å². The predicted octanol–water partition coefficient (Wildman–Crippen LogP) is 6.45. The Bertz CT molecular complexity index is 1260. The van der Waals surface area contributed by atoms with E-state index in [0.717, 1.165) is 6.54 Å². The lowest BCUT2D eigenvalue weighted by molar-refractivity contribution is -0.0633. The minimum Gasteiger partial charge on any atom is -0.350 e. The summed E-state index contributed by atoms with van der Waals surface area (Å²) >= 11 is 0. The number of hydrogen-bond acceptors (Lipinski definition) is 2. The van der Waals surface area contributed by atoms with Crippen LogP contribution < -0.4 is 0 Å². The molecule has 2 heteroatoms. The zero-order chi connectivity index (χ0) is 22.6. The largest absolute Gasteiger partial charge is 0.350 e. The molecule has 0 amide bonds. The van der Waals surface area contributed by atoms with Crippen LogP contribution >= 0.6 is 0 Å². The van der Waals surface area contributed by atoms with Gasteiger partial charge in [-0.05, 0) is 37.5 Å². The summed E-state index contributed by atoms with van der Waals surface area (Å²) in [7, 11) is 0. The molecule has 0 spiro atoms. The van der Waals surface area contributed by atoms with Crippen LogP contribution in [0.15, 0.2) is 97.1 Å². The van der Waals surface area contributed by atoms with Gasteiger partial charge in [0.15, 0.2) is 5.72 Å². The topological polar surface area (TPSA) is 12.5 Å². The molecule has 0 aromatic heterocycles. The van der Waals surface area contributed by atoms with Gasteiger partial charge in [-0.3, -0.25) is 0 Å². The monoisotopic (exact) mass is 431 g/mol. The average molecular weight is 432 g/mol. The van der Waals surface area contributed by atoms with Gasteiger partial charge in [0.1, 0.15) is 5.54 Å². The summed E-state index contributed by atoms with van der Waals surface area (Å²) in [6, 6.07) is 35.9. The summed E-state index contributed by atoms with van der Waals surface area (Å²) in [5, 5.41) is 0. The summed E-state index contributed by atoms with van der Waals surface area (Å²) < 4.78 is 6.79. The molecule has 0 aliphatic carbocycles. The van der Waals surface area contributed by atoms with Crippen LogP contribution in [0.2, 0.25) is 0 Å². The Morgan fingerprint density at radius 2 is 1.03 bits per heavy atom. The number of benzene rings is 4. The van der Waals surface area contributed by atoms with Gasteiger partial charge >= 0.3 is 0 Å². The van der Waals surface area contributed by atoms with Crippen molar-refractivity contribution in [2.75, 3.05) is 13.2 Å². The molecule has 164 valence electrons. The molecule has 0 saturated carbocycles. The van der Waals surface area contributed by atoms with Crippen LogP contribution in [0.4, 0.5) is 0 Å². The highest BCUT2D eigenvalue weighted by Gasteiger charge is 2.63. The van der Waals surface area contributed by atoms with Crippen molar-refractivity contribution in [2.45, 2.75) is 32.0 Å². The first kappa shape index (κ1) is 20.4. The lowest BCUT2D eigenvalue weighted by atomic mass is 9.76. The van der Waals surface area contributed by atoms with E-state index in [1.807, 2.05) is 0 Å². The van der Waals surface area contributed by atoms with Crippen molar-refractivity contribution >= 4 is 0 Å². The standard InChI is InChI=1S/C31H29NO/c1-22-8-14-25(15-9-22)30(26-16-10-23(2)11-17-26)28-6-4-5-7-29(28)31(32(30)20-21-33-31)27-18-12-24(3)13-19-27/h4-19H,20-21H2,1-3H3. The van der Waals surface area contributed by atoms with Gasteiger partial charge in [-0.15, -0.1) is 0 Å². The maximum Gasteiger partial charge on any atom is 0.175 e. The normalized spacial score (nSPS) is 21.1. The summed E-state index contributed by atoms with van der Waals surface area (Å²) in [6.45, 7) is 7.99. The van der Waals surface area contributed by atoms with Crippen LogP contribution in [0.5, 0.6) is 0 Å². The average Bonchev–Trinajstić information content (AvgIpc) is 3.37. The van der Waals surface area contributed by atoms with E-state index in [1.54, 1.807) is 0 Å². The zero-order valence-corrected chi connectivity index (χ0v) is 19.5. The minimum absolute atomic E-state index is 0.431. The van der Waals surface area contributed by atoms with Crippen LogP contribution in [0, 0.1) is 20.8 Å². The molecule has 1 saturated heterocycles. The molecule has 4 aromatic carbocycles. The molecule has 0 bridgehead atoms. The van der Waals surface area contributed by atoms with E-state index < -0.39 is 11.3 Å². The van der Waals surface area contributed by atoms with Crippen molar-refractivity contribution in [1.82, 2.24) is 4.90 Å². The van der Waals surface area contributed by atoms with Gasteiger partial charge in [0.05, 0.1) is 6.61 Å². The molecule has 1 atom stereocenters. The second kappa shape index (κ2) is 7.41. The molecule has 2 heterocycles. The van der Waals surface area contributed by atoms with Crippen molar-refractivity contribution in [3.8, 4) is 0 Å². The zero-order valence-electron chi connectivity index (χ0n) is 19.5. The number of aryl methyl sites for hydroxylation is 3. The molecule has 1 fully saturated rings. The van der Waals surface area contributed by atoms with E-state index in [0.29, 0.717) is 6.61 Å². The maximum atomic E-state index is 6.79. The first-order valence-corrected chi connectivity index (χ1v) is 11.8. The van der Waals surface area contributed by atoms with Crippen molar-refractivity contribution in [3.63, 3.8) is 0 Å². The molecular formula is C31H29NO. The molecule has 2 aliphatic heterocycles. The molecule has 0 radical (unpaired) electrons. The van der Waals surface area contributed by atoms with Crippen LogP contribution in [0.3, 0.4) is 0 Å². The molecule has 4 aromatic rings. The van der Waals surface area contributed by atoms with Crippen molar-refractivity contribution in [3.05, 3.63) is 142 Å². The van der Waals surface area contributed by atoms with Gasteiger partial charge in [-0.25, -0.2) is 4.90 Å². The smallest absolute Gasteiger partial charge is 0.175 e. The fourth-order valence-corrected chi connectivity index (χ4v) is 5.94. The lowest BCUT2D eigenvalue weighted by Gasteiger charge is -2.43. The number of fused-ring (bicyclic) bond motifs is 3. The maximum absolute atomic E-state index is 6.79. The molecule has 33 heavy (non-hydrogen) atoms. The van der Waals surface area contributed by atoms with E-state index >= 15 is 0 Å². The van der Waals surface area contributed by atoms with Gasteiger partial charge in [-0.1, -0.05) is 114 Å². The minimum atomic E-state index is -0.611. The van der Waals surface area contributed by atoms with E-state index in [2.05, 4.69) is 123 Å². The third-order valence-electron chi connectivity index (χ3n) is 7.47. The highest BCUT2D eigenvalue weighted by atomic mass is 16.5. The summed E-state index contributed by atoms with van der Waals surface area (Å²) in [5.41, 5.74) is 9.06. The van der Waals surface area contributed by atoms with Gasteiger partial charge in [0, 0.05) is 17.7 Å². The number of nitrogens with zero attached hydrogens (tertiary/aromatic N) is 1. The van der Waals surface area contributed by atoms with Gasteiger partial charge in [0.25, 0.3) is 0 Å². The van der Waals surface area contributed by atoms with E-state index in [9.17, 15) is 0 Å². The van der Waals surface area contributed by atoms with Crippen molar-refractivity contribution in [2.24, 2.45) is 0 Å². The first-order chi connectivity index (χ1) is 16.1. The molecule has 2 aliphatic rings. The number of hydrogen-bond donors (Lipinski definition) is 0. The SMILES string of the molecule is Cc1ccc(C23OCCN2C(c2ccc(C)cc2)(c2ccc(C)cc2)c2ccccc23)cc1. The molecular weight excluding hydrogens is 402 g/mol. The van der Waals surface area contributed by atoms with E-state index in [4.69, 9.17) is 4.74 Å². The van der Waals surface area contributed by atoms with Crippen LogP contribution in [0.25, 0.3) is 0 Å². The predicted molar refractivity (Wildman–Crippen MR) is 133 cm³/mol. The highest BCUT2D eigenvalue weighted by molar-refractivity contribution is 5.61. The number of ether oxygens (including phenoxy) is 1. The Labute approximate surface area is 196 Å². The molecule has 0 N–H and O–H groups in total. The van der Waals surface area contributed by atoms with E-state index in [1.165, 1.54) is 44.5 Å². The molecule has 6 rings (SSSR count). The quantitative estimate of drug-likeness (QED) is 0.370. The second-order valence-electron chi connectivity index (χ2n) is 9.50. The Kier molecular flexibility index (Phi) is 4.58. The Morgan fingerprint density at radius 1 is 0.576 bits per heavy atom.